The third kappa shape index (κ3) is 1.86. The summed E-state index contributed by atoms with van der Waals surface area (Å²) in [6.45, 7) is 0.906. The largest absolute Gasteiger partial charge is 0.364 e. The van der Waals surface area contributed by atoms with E-state index >= 15 is 0 Å². The van der Waals surface area contributed by atoms with E-state index in [0.717, 1.165) is 6.54 Å². The highest BCUT2D eigenvalue weighted by atomic mass is 15.5. The van der Waals surface area contributed by atoms with Gasteiger partial charge in [-0.2, -0.15) is 0 Å². The molecule has 0 spiro atoms. The monoisotopic (exact) mass is 139 g/mol. The van der Waals surface area contributed by atoms with Gasteiger partial charge in [0, 0.05) is 18.9 Å². The third-order valence-electron chi connectivity index (χ3n) is 1.45. The smallest absolute Gasteiger partial charge is 0.0529 e. The van der Waals surface area contributed by atoms with Crippen LogP contribution in [0.2, 0.25) is 0 Å². The molecule has 0 amide bonds. The van der Waals surface area contributed by atoms with Gasteiger partial charge in [0.1, 0.15) is 0 Å². The van der Waals surface area contributed by atoms with Crippen molar-refractivity contribution in [2.24, 2.45) is 0 Å². The fourth-order valence-electron chi connectivity index (χ4n) is 0.800. The number of H-pyrrole nitrogens is 1. The summed E-state index contributed by atoms with van der Waals surface area (Å²) in [4.78, 5) is 3.12. The van der Waals surface area contributed by atoms with Crippen LogP contribution in [-0.2, 0) is 6.54 Å². The van der Waals surface area contributed by atoms with E-state index in [0.29, 0.717) is 0 Å². The molecule has 0 saturated carbocycles. The average molecular weight is 139 g/mol. The van der Waals surface area contributed by atoms with Gasteiger partial charge in [0.05, 0.1) is 6.54 Å². The van der Waals surface area contributed by atoms with Gasteiger partial charge in [0.2, 0.25) is 0 Å². The Hall–Kier alpha value is -0.800. The number of aromatic amines is 1. The zero-order valence-corrected chi connectivity index (χ0v) is 6.39. The van der Waals surface area contributed by atoms with Crippen LogP contribution in [0.15, 0.2) is 18.3 Å². The third-order valence-corrected chi connectivity index (χ3v) is 1.45. The SMILES string of the molecule is CNN(C)Cc1ccc[nH]1. The molecule has 1 aromatic rings. The molecule has 0 fully saturated rings. The summed E-state index contributed by atoms with van der Waals surface area (Å²) < 4.78 is 0. The molecule has 0 atom stereocenters. The van der Waals surface area contributed by atoms with Crippen molar-refractivity contribution in [1.29, 1.82) is 0 Å². The Bertz CT molecular complexity index is 169. The van der Waals surface area contributed by atoms with Crippen molar-refractivity contribution in [2.75, 3.05) is 14.1 Å². The van der Waals surface area contributed by atoms with Crippen molar-refractivity contribution in [3.8, 4) is 0 Å². The zero-order chi connectivity index (χ0) is 7.40. The van der Waals surface area contributed by atoms with Crippen molar-refractivity contribution in [3.05, 3.63) is 24.0 Å². The second kappa shape index (κ2) is 3.39. The average Bonchev–Trinajstić information content (AvgIpc) is 2.40. The summed E-state index contributed by atoms with van der Waals surface area (Å²) in [5.41, 5.74) is 4.24. The molecule has 1 heterocycles. The van der Waals surface area contributed by atoms with Crippen molar-refractivity contribution >= 4 is 0 Å². The quantitative estimate of drug-likeness (QED) is 0.600. The fraction of sp³-hybridized carbons (Fsp3) is 0.429. The fourth-order valence-corrected chi connectivity index (χ4v) is 0.800. The van der Waals surface area contributed by atoms with Gasteiger partial charge >= 0.3 is 0 Å². The molecule has 2 N–H and O–H groups in total. The lowest BCUT2D eigenvalue weighted by atomic mass is 10.4. The first kappa shape index (κ1) is 7.31. The Kier molecular flexibility index (Phi) is 2.48. The van der Waals surface area contributed by atoms with Gasteiger partial charge in [0.25, 0.3) is 0 Å². The lowest BCUT2D eigenvalue weighted by Crippen LogP contribution is -2.29. The lowest BCUT2D eigenvalue weighted by Gasteiger charge is -2.12. The predicted molar refractivity (Wildman–Crippen MR) is 41.3 cm³/mol. The van der Waals surface area contributed by atoms with Gasteiger partial charge in [-0.15, -0.1) is 0 Å². The summed E-state index contributed by atoms with van der Waals surface area (Å²) in [6.07, 6.45) is 1.93. The van der Waals surface area contributed by atoms with E-state index in [9.17, 15) is 0 Å². The van der Waals surface area contributed by atoms with Gasteiger partial charge in [-0.05, 0) is 19.2 Å². The minimum atomic E-state index is 0.906. The normalized spacial score (nSPS) is 10.7. The summed E-state index contributed by atoms with van der Waals surface area (Å²) >= 11 is 0. The van der Waals surface area contributed by atoms with Gasteiger partial charge in [-0.3, -0.25) is 5.43 Å². The van der Waals surface area contributed by atoms with Gasteiger partial charge in [0.15, 0.2) is 0 Å². The zero-order valence-electron chi connectivity index (χ0n) is 6.39. The molecule has 0 unspecified atom stereocenters. The van der Waals surface area contributed by atoms with Crippen molar-refractivity contribution < 1.29 is 0 Å². The number of nitrogens with zero attached hydrogens (tertiary/aromatic N) is 1. The number of hydrazine groups is 1. The topological polar surface area (TPSA) is 31.1 Å². The standard InChI is InChI=1S/C7H13N3/c1-8-10(2)6-7-4-3-5-9-7/h3-5,8-9H,6H2,1-2H3. The maximum absolute atomic E-state index is 3.12. The molecule has 0 saturated heterocycles. The Labute approximate surface area is 61.0 Å². The molecule has 1 aromatic heterocycles. The highest BCUT2D eigenvalue weighted by molar-refractivity contribution is 5.02. The predicted octanol–water partition coefficient (Wildman–Crippen LogP) is 0.581. The molecule has 3 nitrogen and oxygen atoms in total. The van der Waals surface area contributed by atoms with Gasteiger partial charge < -0.3 is 4.98 Å². The van der Waals surface area contributed by atoms with Crippen LogP contribution in [0, 0.1) is 0 Å². The number of nitrogens with one attached hydrogen (secondary N) is 2. The molecule has 0 aliphatic carbocycles. The number of hydrogen-bond acceptors (Lipinski definition) is 2. The second-order valence-electron chi connectivity index (χ2n) is 2.28. The van der Waals surface area contributed by atoms with Gasteiger partial charge in [-0.25, -0.2) is 5.01 Å². The minimum absolute atomic E-state index is 0.906. The first-order valence-corrected chi connectivity index (χ1v) is 3.33. The minimum Gasteiger partial charge on any atom is -0.364 e. The summed E-state index contributed by atoms with van der Waals surface area (Å²) in [5.74, 6) is 0. The highest BCUT2D eigenvalue weighted by Gasteiger charge is 1.95. The summed E-state index contributed by atoms with van der Waals surface area (Å²) in [6, 6.07) is 4.06. The van der Waals surface area contributed by atoms with E-state index in [1.165, 1.54) is 5.69 Å². The first-order chi connectivity index (χ1) is 4.83. The molecule has 0 bridgehead atoms. The molecule has 56 valence electrons. The van der Waals surface area contributed by atoms with Crippen LogP contribution >= 0.6 is 0 Å². The maximum atomic E-state index is 3.12. The highest BCUT2D eigenvalue weighted by Crippen LogP contribution is 1.95. The van der Waals surface area contributed by atoms with E-state index in [2.05, 4.69) is 16.5 Å². The Balaban J connectivity index is 2.40. The Morgan fingerprint density at radius 1 is 1.70 bits per heavy atom. The van der Waals surface area contributed by atoms with E-state index in [4.69, 9.17) is 0 Å². The lowest BCUT2D eigenvalue weighted by molar-refractivity contribution is 0.249. The second-order valence-corrected chi connectivity index (χ2v) is 2.28. The molecule has 1 rings (SSSR count). The molecule has 10 heavy (non-hydrogen) atoms. The van der Waals surface area contributed by atoms with Crippen LogP contribution in [0.3, 0.4) is 0 Å². The van der Waals surface area contributed by atoms with Crippen LogP contribution in [0.4, 0.5) is 0 Å². The molecule has 3 heteroatoms. The summed E-state index contributed by atoms with van der Waals surface area (Å²) in [7, 11) is 3.91. The van der Waals surface area contributed by atoms with Crippen molar-refractivity contribution in [2.45, 2.75) is 6.54 Å². The molecule has 0 aliphatic heterocycles. The maximum Gasteiger partial charge on any atom is 0.0529 e. The number of hydrogen-bond donors (Lipinski definition) is 2. The van der Waals surface area contributed by atoms with Crippen LogP contribution in [0.1, 0.15) is 5.69 Å². The van der Waals surface area contributed by atoms with Crippen molar-refractivity contribution in [3.63, 3.8) is 0 Å². The Morgan fingerprint density at radius 3 is 3.00 bits per heavy atom. The van der Waals surface area contributed by atoms with Crippen LogP contribution in [0.5, 0.6) is 0 Å². The molecule has 0 aromatic carbocycles. The number of aromatic nitrogens is 1. The van der Waals surface area contributed by atoms with Crippen LogP contribution in [-0.4, -0.2) is 24.1 Å². The molecular formula is C7H13N3. The van der Waals surface area contributed by atoms with Crippen LogP contribution < -0.4 is 5.43 Å². The molecule has 0 aliphatic rings. The molecular weight excluding hydrogens is 126 g/mol. The van der Waals surface area contributed by atoms with Gasteiger partial charge in [-0.1, -0.05) is 0 Å². The van der Waals surface area contributed by atoms with Crippen molar-refractivity contribution in [1.82, 2.24) is 15.4 Å². The summed E-state index contributed by atoms with van der Waals surface area (Å²) in [5, 5.41) is 2.01. The van der Waals surface area contributed by atoms with E-state index in [1.807, 2.05) is 31.4 Å². The molecule has 0 radical (unpaired) electrons. The number of rotatable bonds is 3. The van der Waals surface area contributed by atoms with E-state index in [1.54, 1.807) is 0 Å². The van der Waals surface area contributed by atoms with Crippen LogP contribution in [0.25, 0.3) is 0 Å². The first-order valence-electron chi connectivity index (χ1n) is 3.33. The van der Waals surface area contributed by atoms with E-state index < -0.39 is 0 Å². The Morgan fingerprint density at radius 2 is 2.50 bits per heavy atom. The van der Waals surface area contributed by atoms with E-state index in [-0.39, 0.29) is 0 Å².